The molecule has 0 saturated carbocycles. The number of likely N-dealkylation sites (N-methyl/N-ethyl adjacent to an activating group) is 1. The van der Waals surface area contributed by atoms with Gasteiger partial charge in [0.25, 0.3) is 0 Å². The molecule has 1 rings (SSSR count). The number of hydrogen-bond donors (Lipinski definition) is 2. The lowest BCUT2D eigenvalue weighted by atomic mass is 10.00. The molecular formula is C15H32N4O. The van der Waals surface area contributed by atoms with Gasteiger partial charge in [0.05, 0.1) is 6.04 Å². The highest BCUT2D eigenvalue weighted by Gasteiger charge is 2.30. The fraction of sp³-hybridized carbons (Fsp3) is 0.933. The zero-order valence-corrected chi connectivity index (χ0v) is 13.8. The van der Waals surface area contributed by atoms with Gasteiger partial charge < -0.3 is 16.0 Å². The van der Waals surface area contributed by atoms with Gasteiger partial charge in [-0.2, -0.15) is 0 Å². The van der Waals surface area contributed by atoms with E-state index in [1.807, 2.05) is 0 Å². The smallest absolute Gasteiger partial charge is 0.236 e. The van der Waals surface area contributed by atoms with E-state index in [2.05, 4.69) is 49.9 Å². The molecule has 20 heavy (non-hydrogen) atoms. The third-order valence-corrected chi connectivity index (χ3v) is 4.12. The lowest BCUT2D eigenvalue weighted by Crippen LogP contribution is -2.58. The fourth-order valence-corrected chi connectivity index (χ4v) is 2.57. The molecule has 1 heterocycles. The van der Waals surface area contributed by atoms with E-state index in [0.717, 1.165) is 32.6 Å². The van der Waals surface area contributed by atoms with E-state index >= 15 is 0 Å². The average Bonchev–Trinajstić information content (AvgIpc) is 2.35. The number of amides is 1. The highest BCUT2D eigenvalue weighted by Crippen LogP contribution is 2.15. The Morgan fingerprint density at radius 2 is 1.80 bits per heavy atom. The molecule has 0 unspecified atom stereocenters. The van der Waals surface area contributed by atoms with Gasteiger partial charge in [0.15, 0.2) is 0 Å². The summed E-state index contributed by atoms with van der Waals surface area (Å²) in [5, 5.41) is 3.02. The van der Waals surface area contributed by atoms with Crippen LogP contribution in [0.5, 0.6) is 0 Å². The summed E-state index contributed by atoms with van der Waals surface area (Å²) in [5.41, 5.74) is 5.89. The maximum atomic E-state index is 12.0. The SMILES string of the molecule is CC(C)C[C@H](N)C(=O)NCC(C)(C)N1CCN(C)CC1. The molecule has 5 nitrogen and oxygen atoms in total. The number of hydrogen-bond acceptors (Lipinski definition) is 4. The first-order valence-corrected chi connectivity index (χ1v) is 7.69. The van der Waals surface area contributed by atoms with Crippen LogP contribution in [0, 0.1) is 5.92 Å². The monoisotopic (exact) mass is 284 g/mol. The van der Waals surface area contributed by atoms with Gasteiger partial charge in [0.1, 0.15) is 0 Å². The van der Waals surface area contributed by atoms with Gasteiger partial charge in [-0.1, -0.05) is 13.8 Å². The molecule has 1 aliphatic heterocycles. The number of nitrogens with two attached hydrogens (primary N) is 1. The van der Waals surface area contributed by atoms with Crippen LogP contribution in [-0.2, 0) is 4.79 Å². The Morgan fingerprint density at radius 3 is 2.30 bits per heavy atom. The molecular weight excluding hydrogens is 252 g/mol. The molecule has 1 atom stereocenters. The molecule has 1 saturated heterocycles. The van der Waals surface area contributed by atoms with Crippen molar-refractivity contribution in [2.75, 3.05) is 39.8 Å². The molecule has 1 fully saturated rings. The summed E-state index contributed by atoms with van der Waals surface area (Å²) in [6.45, 7) is 13.5. The normalized spacial score (nSPS) is 20.1. The summed E-state index contributed by atoms with van der Waals surface area (Å²) < 4.78 is 0. The first-order valence-electron chi connectivity index (χ1n) is 7.69. The van der Waals surface area contributed by atoms with Gasteiger partial charge in [-0.25, -0.2) is 0 Å². The van der Waals surface area contributed by atoms with E-state index < -0.39 is 6.04 Å². The number of piperazine rings is 1. The molecule has 118 valence electrons. The molecule has 5 heteroatoms. The topological polar surface area (TPSA) is 61.6 Å². The molecule has 0 aromatic heterocycles. The molecule has 3 N–H and O–H groups in total. The van der Waals surface area contributed by atoms with Crippen molar-refractivity contribution in [1.82, 2.24) is 15.1 Å². The standard InChI is InChI=1S/C15H32N4O/c1-12(2)10-13(16)14(20)17-11-15(3,4)19-8-6-18(5)7-9-19/h12-13H,6-11,16H2,1-5H3,(H,17,20)/t13-/m0/s1. The van der Waals surface area contributed by atoms with Gasteiger partial charge in [-0.15, -0.1) is 0 Å². The minimum atomic E-state index is -0.390. The molecule has 1 aliphatic rings. The van der Waals surface area contributed by atoms with Crippen molar-refractivity contribution in [1.29, 1.82) is 0 Å². The zero-order valence-electron chi connectivity index (χ0n) is 13.8. The zero-order chi connectivity index (χ0) is 15.3. The fourth-order valence-electron chi connectivity index (χ4n) is 2.57. The van der Waals surface area contributed by atoms with Gasteiger partial charge in [0, 0.05) is 38.3 Å². The van der Waals surface area contributed by atoms with Crippen LogP contribution in [0.1, 0.15) is 34.1 Å². The first-order chi connectivity index (χ1) is 9.22. The summed E-state index contributed by atoms with van der Waals surface area (Å²) in [4.78, 5) is 16.8. The van der Waals surface area contributed by atoms with E-state index in [1.165, 1.54) is 0 Å². The van der Waals surface area contributed by atoms with E-state index in [0.29, 0.717) is 12.5 Å². The molecule has 0 aromatic rings. The maximum Gasteiger partial charge on any atom is 0.236 e. The first kappa shape index (κ1) is 17.4. The van der Waals surface area contributed by atoms with Gasteiger partial charge in [-0.05, 0) is 33.2 Å². The van der Waals surface area contributed by atoms with Crippen LogP contribution in [0.4, 0.5) is 0 Å². The van der Waals surface area contributed by atoms with E-state index in [4.69, 9.17) is 5.73 Å². The highest BCUT2D eigenvalue weighted by atomic mass is 16.2. The predicted octanol–water partition coefficient (Wildman–Crippen LogP) is 0.502. The largest absolute Gasteiger partial charge is 0.353 e. The average molecular weight is 284 g/mol. The van der Waals surface area contributed by atoms with Crippen LogP contribution in [0.2, 0.25) is 0 Å². The second-order valence-electron chi connectivity index (χ2n) is 7.06. The summed E-state index contributed by atoms with van der Waals surface area (Å²) in [7, 11) is 2.15. The number of carbonyl (C=O) groups excluding carboxylic acids is 1. The molecule has 0 aromatic carbocycles. The van der Waals surface area contributed by atoms with E-state index in [-0.39, 0.29) is 11.4 Å². The quantitative estimate of drug-likeness (QED) is 0.746. The third-order valence-electron chi connectivity index (χ3n) is 4.12. The Kier molecular flexibility index (Phi) is 6.43. The second kappa shape index (κ2) is 7.38. The second-order valence-corrected chi connectivity index (χ2v) is 7.06. The van der Waals surface area contributed by atoms with Gasteiger partial charge >= 0.3 is 0 Å². The van der Waals surface area contributed by atoms with Crippen LogP contribution in [0.25, 0.3) is 0 Å². The van der Waals surface area contributed by atoms with Gasteiger partial charge in [-0.3, -0.25) is 9.69 Å². The van der Waals surface area contributed by atoms with Crippen molar-refractivity contribution >= 4 is 5.91 Å². The molecule has 0 radical (unpaired) electrons. The lowest BCUT2D eigenvalue weighted by molar-refractivity contribution is -0.123. The minimum absolute atomic E-state index is 0.0194. The molecule has 0 aliphatic carbocycles. The van der Waals surface area contributed by atoms with Crippen LogP contribution >= 0.6 is 0 Å². The van der Waals surface area contributed by atoms with Crippen molar-refractivity contribution in [3.05, 3.63) is 0 Å². The third kappa shape index (κ3) is 5.38. The van der Waals surface area contributed by atoms with Crippen LogP contribution < -0.4 is 11.1 Å². The van der Waals surface area contributed by atoms with Crippen LogP contribution in [-0.4, -0.2) is 67.1 Å². The Hall–Kier alpha value is -0.650. The van der Waals surface area contributed by atoms with Crippen LogP contribution in [0.15, 0.2) is 0 Å². The summed E-state index contributed by atoms with van der Waals surface area (Å²) in [6.07, 6.45) is 0.737. The Bertz CT molecular complexity index is 309. The Labute approximate surface area is 123 Å². The van der Waals surface area contributed by atoms with Crippen molar-refractivity contribution in [2.45, 2.75) is 45.7 Å². The Morgan fingerprint density at radius 1 is 1.25 bits per heavy atom. The minimum Gasteiger partial charge on any atom is -0.353 e. The summed E-state index contributed by atoms with van der Waals surface area (Å²) in [5.74, 6) is 0.419. The van der Waals surface area contributed by atoms with E-state index in [9.17, 15) is 4.79 Å². The number of rotatable bonds is 6. The van der Waals surface area contributed by atoms with Crippen molar-refractivity contribution < 1.29 is 4.79 Å². The highest BCUT2D eigenvalue weighted by molar-refractivity contribution is 5.81. The number of carbonyl (C=O) groups is 1. The predicted molar refractivity (Wildman–Crippen MR) is 83.6 cm³/mol. The van der Waals surface area contributed by atoms with Crippen LogP contribution in [0.3, 0.4) is 0 Å². The van der Waals surface area contributed by atoms with Gasteiger partial charge in [0.2, 0.25) is 5.91 Å². The van der Waals surface area contributed by atoms with E-state index in [1.54, 1.807) is 0 Å². The molecule has 1 amide bonds. The van der Waals surface area contributed by atoms with Crippen molar-refractivity contribution in [3.63, 3.8) is 0 Å². The molecule has 0 spiro atoms. The Balaban J connectivity index is 2.40. The lowest BCUT2D eigenvalue weighted by Gasteiger charge is -2.43. The number of nitrogens with zero attached hydrogens (tertiary/aromatic N) is 2. The maximum absolute atomic E-state index is 12.0. The van der Waals surface area contributed by atoms with Crippen molar-refractivity contribution in [3.8, 4) is 0 Å². The summed E-state index contributed by atoms with van der Waals surface area (Å²) >= 11 is 0. The summed E-state index contributed by atoms with van der Waals surface area (Å²) in [6, 6.07) is -0.390. The number of nitrogens with one attached hydrogen (secondary N) is 1. The molecule has 0 bridgehead atoms. The van der Waals surface area contributed by atoms with Crippen molar-refractivity contribution in [2.24, 2.45) is 11.7 Å².